The summed E-state index contributed by atoms with van der Waals surface area (Å²) in [4.78, 5) is 1.02. The van der Waals surface area contributed by atoms with Crippen LogP contribution in [0.1, 0.15) is 11.5 Å². The Labute approximate surface area is 151 Å². The van der Waals surface area contributed by atoms with Gasteiger partial charge in [0, 0.05) is 0 Å². The van der Waals surface area contributed by atoms with Gasteiger partial charge < -0.3 is 4.42 Å². The number of thiophene rings is 1. The van der Waals surface area contributed by atoms with E-state index in [9.17, 15) is 0 Å². The van der Waals surface area contributed by atoms with Crippen molar-refractivity contribution in [1.29, 1.82) is 5.26 Å². The monoisotopic (exact) mass is 366 g/mol. The highest BCUT2D eigenvalue weighted by atomic mass is 32.2. The Bertz CT molecular complexity index is 1000. The van der Waals surface area contributed by atoms with Gasteiger partial charge in [-0.05, 0) is 47.5 Å². The van der Waals surface area contributed by atoms with Crippen LogP contribution in [0.3, 0.4) is 0 Å². The van der Waals surface area contributed by atoms with Crippen LogP contribution in [-0.4, -0.2) is 25.0 Å². The lowest BCUT2D eigenvalue weighted by Crippen LogP contribution is -2.03. The van der Waals surface area contributed by atoms with Gasteiger partial charge >= 0.3 is 0 Å². The highest BCUT2D eigenvalue weighted by Crippen LogP contribution is 2.30. The number of furan rings is 1. The molecular formula is C16H10N6OS2. The van der Waals surface area contributed by atoms with Gasteiger partial charge in [-0.25, -0.2) is 0 Å². The minimum absolute atomic E-state index is 0.278. The quantitative estimate of drug-likeness (QED) is 0.534. The van der Waals surface area contributed by atoms with Crippen molar-refractivity contribution < 1.29 is 4.42 Å². The molecule has 0 N–H and O–H groups in total. The van der Waals surface area contributed by atoms with Gasteiger partial charge in [0.25, 0.3) is 0 Å². The van der Waals surface area contributed by atoms with Crippen molar-refractivity contribution in [3.05, 3.63) is 59.5 Å². The fourth-order valence-electron chi connectivity index (χ4n) is 2.18. The van der Waals surface area contributed by atoms with Crippen LogP contribution in [0.2, 0.25) is 0 Å². The lowest BCUT2D eigenvalue weighted by molar-refractivity contribution is 0.485. The van der Waals surface area contributed by atoms with Gasteiger partial charge in [0.15, 0.2) is 16.7 Å². The van der Waals surface area contributed by atoms with E-state index in [0.29, 0.717) is 16.7 Å². The van der Waals surface area contributed by atoms with Gasteiger partial charge in [0.05, 0.1) is 17.7 Å². The molecule has 4 heterocycles. The lowest BCUT2D eigenvalue weighted by Gasteiger charge is -2.07. The Morgan fingerprint density at radius 1 is 1.12 bits per heavy atom. The number of nitrogens with zero attached hydrogens (tertiary/aromatic N) is 6. The van der Waals surface area contributed by atoms with Crippen LogP contribution in [-0.2, 0) is 6.54 Å². The fraction of sp³-hybridized carbons (Fsp3) is 0.0625. The van der Waals surface area contributed by atoms with Gasteiger partial charge in [-0.2, -0.15) is 5.26 Å². The highest BCUT2D eigenvalue weighted by Gasteiger charge is 2.17. The maximum atomic E-state index is 8.82. The van der Waals surface area contributed by atoms with Crippen molar-refractivity contribution in [1.82, 2.24) is 25.0 Å². The summed E-state index contributed by atoms with van der Waals surface area (Å²) in [7, 11) is 0. The first-order valence-corrected chi connectivity index (χ1v) is 8.94. The van der Waals surface area contributed by atoms with E-state index in [1.807, 2.05) is 40.3 Å². The summed E-state index contributed by atoms with van der Waals surface area (Å²) in [6.07, 6.45) is 1.64. The summed E-state index contributed by atoms with van der Waals surface area (Å²) in [6, 6.07) is 13.1. The molecule has 0 spiro atoms. The molecule has 4 aromatic rings. The minimum Gasteiger partial charge on any atom is -0.467 e. The molecule has 0 aliphatic heterocycles. The summed E-state index contributed by atoms with van der Waals surface area (Å²) in [5.74, 6) is 1.58. The van der Waals surface area contributed by atoms with Crippen LogP contribution in [0, 0.1) is 11.3 Å². The predicted molar refractivity (Wildman–Crippen MR) is 92.0 cm³/mol. The van der Waals surface area contributed by atoms with Gasteiger partial charge in [0.1, 0.15) is 16.9 Å². The summed E-state index contributed by atoms with van der Waals surface area (Å²) in [6.45, 7) is 0.513. The molecule has 0 unspecified atom stereocenters. The SMILES string of the molecule is N#Cc1ccc(Sc2nnc(-c3cccs3)n2Cc2ccco2)nn1. The molecule has 0 amide bonds. The molecule has 0 saturated heterocycles. The van der Waals surface area contributed by atoms with Crippen LogP contribution in [0.4, 0.5) is 0 Å². The molecule has 0 atom stereocenters. The molecule has 9 heteroatoms. The highest BCUT2D eigenvalue weighted by molar-refractivity contribution is 7.99. The Kier molecular flexibility index (Phi) is 4.28. The smallest absolute Gasteiger partial charge is 0.198 e. The van der Waals surface area contributed by atoms with Crippen LogP contribution in [0.5, 0.6) is 0 Å². The normalized spacial score (nSPS) is 10.7. The predicted octanol–water partition coefficient (Wildman–Crippen LogP) is 3.46. The third-order valence-corrected chi connectivity index (χ3v) is 5.08. The Hall–Kier alpha value is -2.96. The first-order chi connectivity index (χ1) is 12.3. The Balaban J connectivity index is 1.70. The molecule has 0 fully saturated rings. The molecule has 0 radical (unpaired) electrons. The fourth-order valence-corrected chi connectivity index (χ4v) is 3.65. The molecule has 0 saturated carbocycles. The maximum absolute atomic E-state index is 8.82. The van der Waals surface area contributed by atoms with Crippen LogP contribution in [0.25, 0.3) is 10.7 Å². The average Bonchev–Trinajstić information content (AvgIpc) is 3.39. The van der Waals surface area contributed by atoms with Crippen molar-refractivity contribution in [3.63, 3.8) is 0 Å². The molecule has 4 aromatic heterocycles. The summed E-state index contributed by atoms with van der Waals surface area (Å²) < 4.78 is 7.45. The van der Waals surface area contributed by atoms with Gasteiger partial charge in [-0.3, -0.25) is 4.57 Å². The molecule has 7 nitrogen and oxygen atoms in total. The molecule has 0 aliphatic rings. The van der Waals surface area contributed by atoms with E-state index in [0.717, 1.165) is 16.5 Å². The lowest BCUT2D eigenvalue weighted by atomic mass is 10.4. The number of aromatic nitrogens is 5. The van der Waals surface area contributed by atoms with E-state index in [1.165, 1.54) is 11.8 Å². The van der Waals surface area contributed by atoms with Crippen LogP contribution < -0.4 is 0 Å². The van der Waals surface area contributed by atoms with E-state index in [4.69, 9.17) is 9.68 Å². The first-order valence-electron chi connectivity index (χ1n) is 7.24. The zero-order valence-electron chi connectivity index (χ0n) is 12.7. The average molecular weight is 366 g/mol. The number of rotatable bonds is 5. The third kappa shape index (κ3) is 3.31. The molecule has 25 heavy (non-hydrogen) atoms. The van der Waals surface area contributed by atoms with Crippen molar-refractivity contribution >= 4 is 23.1 Å². The third-order valence-electron chi connectivity index (χ3n) is 3.30. The van der Waals surface area contributed by atoms with Crippen molar-refractivity contribution in [2.45, 2.75) is 16.7 Å². The van der Waals surface area contributed by atoms with Crippen LogP contribution >= 0.6 is 23.1 Å². The standard InChI is InChI=1S/C16H10N6OS2/c17-9-11-5-6-14(19-18-11)25-16-21-20-15(13-4-2-8-24-13)22(16)10-12-3-1-7-23-12/h1-8H,10H2. The molecule has 0 aliphatic carbocycles. The van der Waals surface area contributed by atoms with E-state index >= 15 is 0 Å². The second-order valence-electron chi connectivity index (χ2n) is 4.92. The molecule has 0 aromatic carbocycles. The van der Waals surface area contributed by atoms with E-state index < -0.39 is 0 Å². The summed E-state index contributed by atoms with van der Waals surface area (Å²) in [5.41, 5.74) is 0.278. The molecular weight excluding hydrogens is 356 g/mol. The second-order valence-corrected chi connectivity index (χ2v) is 6.85. The number of hydrogen-bond acceptors (Lipinski definition) is 8. The summed E-state index contributed by atoms with van der Waals surface area (Å²) >= 11 is 2.94. The van der Waals surface area contributed by atoms with Gasteiger partial charge in [-0.15, -0.1) is 31.7 Å². The maximum Gasteiger partial charge on any atom is 0.198 e. The molecule has 0 bridgehead atoms. The summed E-state index contributed by atoms with van der Waals surface area (Å²) in [5, 5.41) is 28.7. The number of hydrogen-bond donors (Lipinski definition) is 0. The number of nitriles is 1. The van der Waals surface area contributed by atoms with Crippen molar-refractivity contribution in [3.8, 4) is 16.8 Å². The van der Waals surface area contributed by atoms with Gasteiger partial charge in [-0.1, -0.05) is 6.07 Å². The topological polar surface area (TPSA) is 93.4 Å². The van der Waals surface area contributed by atoms with Crippen molar-refractivity contribution in [2.75, 3.05) is 0 Å². The largest absolute Gasteiger partial charge is 0.467 e. The minimum atomic E-state index is 0.278. The van der Waals surface area contributed by atoms with E-state index in [2.05, 4.69) is 20.4 Å². The van der Waals surface area contributed by atoms with Crippen LogP contribution in [0.15, 0.2) is 62.6 Å². The molecule has 4 rings (SSSR count). The van der Waals surface area contributed by atoms with E-state index in [-0.39, 0.29) is 5.69 Å². The zero-order chi connectivity index (χ0) is 17.1. The molecule has 122 valence electrons. The van der Waals surface area contributed by atoms with Gasteiger partial charge in [0.2, 0.25) is 0 Å². The zero-order valence-corrected chi connectivity index (χ0v) is 14.4. The van der Waals surface area contributed by atoms with Crippen molar-refractivity contribution in [2.24, 2.45) is 0 Å². The Morgan fingerprint density at radius 2 is 2.08 bits per heavy atom. The Morgan fingerprint density at radius 3 is 2.76 bits per heavy atom. The first kappa shape index (κ1) is 15.6. The van der Waals surface area contributed by atoms with E-state index in [1.54, 1.807) is 29.7 Å². The second kappa shape index (κ2) is 6.88.